The number of hydrogen-bond donors (Lipinski definition) is 0. The third kappa shape index (κ3) is 8.87. The van der Waals surface area contributed by atoms with Crippen LogP contribution < -0.4 is 0 Å². The van der Waals surface area contributed by atoms with E-state index in [9.17, 15) is 4.39 Å². The smallest absolute Gasteiger partial charge is 0.0947 e. The van der Waals surface area contributed by atoms with Gasteiger partial charge in [-0.25, -0.2) is 0 Å². The average Bonchev–Trinajstić information content (AvgIpc) is 2.18. The molecule has 0 bridgehead atoms. The number of nitrogens with zero attached hydrogens (tertiary/aromatic N) is 2. The summed E-state index contributed by atoms with van der Waals surface area (Å²) in [6, 6.07) is 0.604. The highest BCUT2D eigenvalue weighted by molar-refractivity contribution is 4.81. The molecule has 2 nitrogen and oxygen atoms in total. The van der Waals surface area contributed by atoms with Gasteiger partial charge in [0.25, 0.3) is 0 Å². The normalized spacial score (nSPS) is 16.7. The SMILES string of the molecule is CC.CC(C)N1CC(CF)C1.CN(C)C(C)(C)C. The van der Waals surface area contributed by atoms with Crippen LogP contribution >= 0.6 is 0 Å². The Morgan fingerprint density at radius 2 is 1.50 bits per heavy atom. The van der Waals surface area contributed by atoms with Gasteiger partial charge in [-0.3, -0.25) is 4.39 Å². The maximum atomic E-state index is 11.8. The van der Waals surface area contributed by atoms with Crippen LogP contribution in [0.1, 0.15) is 48.5 Å². The molecule has 1 fully saturated rings. The third-order valence-electron chi connectivity index (χ3n) is 3.28. The second-order valence-electron chi connectivity index (χ2n) is 6.13. The van der Waals surface area contributed by atoms with Crippen molar-refractivity contribution in [2.45, 2.75) is 60.0 Å². The van der Waals surface area contributed by atoms with Crippen molar-refractivity contribution >= 4 is 0 Å². The molecule has 0 amide bonds. The van der Waals surface area contributed by atoms with Gasteiger partial charge in [0.2, 0.25) is 0 Å². The highest BCUT2D eigenvalue weighted by atomic mass is 19.1. The lowest BCUT2D eigenvalue weighted by molar-refractivity contribution is 0.0525. The van der Waals surface area contributed by atoms with E-state index in [1.807, 2.05) is 13.8 Å². The second kappa shape index (κ2) is 9.74. The number of hydrogen-bond acceptors (Lipinski definition) is 2. The largest absolute Gasteiger partial charge is 0.305 e. The number of likely N-dealkylation sites (tertiary alicyclic amines) is 1. The summed E-state index contributed by atoms with van der Waals surface area (Å²) in [6.07, 6.45) is 0. The minimum atomic E-state index is -0.136. The highest BCUT2D eigenvalue weighted by Crippen LogP contribution is 2.17. The molecule has 0 radical (unpaired) electrons. The van der Waals surface area contributed by atoms with Crippen LogP contribution in [0.25, 0.3) is 0 Å². The molecular weight excluding hydrogens is 227 g/mol. The van der Waals surface area contributed by atoms with Crippen molar-refractivity contribution in [2.24, 2.45) is 5.92 Å². The monoisotopic (exact) mass is 262 g/mol. The molecule has 0 aliphatic carbocycles. The molecule has 1 aliphatic rings. The molecule has 18 heavy (non-hydrogen) atoms. The van der Waals surface area contributed by atoms with E-state index in [2.05, 4.69) is 58.5 Å². The summed E-state index contributed by atoms with van der Waals surface area (Å²) in [5.41, 5.74) is 0.333. The molecule has 112 valence electrons. The Hall–Kier alpha value is -0.150. The number of alkyl halides is 1. The molecule has 3 heteroatoms. The lowest BCUT2D eigenvalue weighted by atomic mass is 10.0. The van der Waals surface area contributed by atoms with Gasteiger partial charge in [0.1, 0.15) is 0 Å². The Bertz CT molecular complexity index is 179. The summed E-state index contributed by atoms with van der Waals surface area (Å²) in [7, 11) is 4.17. The van der Waals surface area contributed by atoms with Crippen LogP contribution in [0, 0.1) is 5.92 Å². The minimum Gasteiger partial charge on any atom is -0.305 e. The molecule has 0 atom stereocenters. The Balaban J connectivity index is 0. The molecule has 0 N–H and O–H groups in total. The number of rotatable bonds is 2. The van der Waals surface area contributed by atoms with Crippen LogP contribution in [0.4, 0.5) is 4.39 Å². The first-order valence-corrected chi connectivity index (χ1v) is 7.16. The van der Waals surface area contributed by atoms with Gasteiger partial charge in [0.05, 0.1) is 6.67 Å². The van der Waals surface area contributed by atoms with Gasteiger partial charge in [-0.2, -0.15) is 0 Å². The zero-order valence-electron chi connectivity index (χ0n) is 14.0. The van der Waals surface area contributed by atoms with Crippen molar-refractivity contribution in [3.05, 3.63) is 0 Å². The predicted molar refractivity (Wildman–Crippen MR) is 81.0 cm³/mol. The summed E-state index contributed by atoms with van der Waals surface area (Å²) in [6.45, 7) is 16.7. The fraction of sp³-hybridized carbons (Fsp3) is 1.00. The van der Waals surface area contributed by atoms with Crippen LogP contribution in [0.15, 0.2) is 0 Å². The second-order valence-corrected chi connectivity index (χ2v) is 6.13. The lowest BCUT2D eigenvalue weighted by Crippen LogP contribution is -2.50. The van der Waals surface area contributed by atoms with Crippen molar-refractivity contribution < 1.29 is 4.39 Å². The van der Waals surface area contributed by atoms with Crippen molar-refractivity contribution in [3.8, 4) is 0 Å². The van der Waals surface area contributed by atoms with E-state index in [1.54, 1.807) is 0 Å². The van der Waals surface area contributed by atoms with Crippen LogP contribution in [-0.2, 0) is 0 Å². The van der Waals surface area contributed by atoms with Gasteiger partial charge in [0.15, 0.2) is 0 Å². The van der Waals surface area contributed by atoms with E-state index in [0.717, 1.165) is 13.1 Å². The van der Waals surface area contributed by atoms with Gasteiger partial charge in [0, 0.05) is 30.6 Å². The van der Waals surface area contributed by atoms with Gasteiger partial charge in [-0.15, -0.1) is 0 Å². The number of halogens is 1. The fourth-order valence-electron chi connectivity index (χ4n) is 1.13. The summed E-state index contributed by atoms with van der Waals surface area (Å²) in [5, 5.41) is 0. The van der Waals surface area contributed by atoms with Gasteiger partial charge < -0.3 is 9.80 Å². The minimum absolute atomic E-state index is 0.136. The molecule has 0 aromatic carbocycles. The molecule has 0 spiro atoms. The first-order chi connectivity index (χ1) is 8.18. The quantitative estimate of drug-likeness (QED) is 0.749. The average molecular weight is 262 g/mol. The zero-order valence-corrected chi connectivity index (χ0v) is 14.0. The first-order valence-electron chi connectivity index (χ1n) is 7.16. The Kier molecular flexibility index (Phi) is 10.9. The Morgan fingerprint density at radius 1 is 1.17 bits per heavy atom. The van der Waals surface area contributed by atoms with E-state index in [0.29, 0.717) is 17.5 Å². The van der Waals surface area contributed by atoms with E-state index >= 15 is 0 Å². The van der Waals surface area contributed by atoms with Gasteiger partial charge in [-0.1, -0.05) is 13.8 Å². The highest BCUT2D eigenvalue weighted by Gasteiger charge is 2.27. The van der Waals surface area contributed by atoms with E-state index in [4.69, 9.17) is 0 Å². The van der Waals surface area contributed by atoms with E-state index < -0.39 is 0 Å². The topological polar surface area (TPSA) is 6.48 Å². The molecule has 0 aromatic rings. The van der Waals surface area contributed by atoms with Gasteiger partial charge in [-0.05, 0) is 48.7 Å². The summed E-state index contributed by atoms with van der Waals surface area (Å²) < 4.78 is 11.8. The van der Waals surface area contributed by atoms with Crippen molar-refractivity contribution in [3.63, 3.8) is 0 Å². The summed E-state index contributed by atoms with van der Waals surface area (Å²) in [5.74, 6) is 0.340. The van der Waals surface area contributed by atoms with E-state index in [1.165, 1.54) is 0 Å². The van der Waals surface area contributed by atoms with Crippen LogP contribution in [0.5, 0.6) is 0 Å². The maximum absolute atomic E-state index is 11.8. The molecule has 0 unspecified atom stereocenters. The summed E-state index contributed by atoms with van der Waals surface area (Å²) >= 11 is 0. The molecule has 1 rings (SSSR count). The summed E-state index contributed by atoms with van der Waals surface area (Å²) in [4.78, 5) is 4.47. The van der Waals surface area contributed by atoms with Crippen molar-refractivity contribution in [1.29, 1.82) is 0 Å². The first kappa shape index (κ1) is 20.2. The Morgan fingerprint density at radius 3 is 1.67 bits per heavy atom. The molecule has 1 aliphatic heterocycles. The fourth-order valence-corrected chi connectivity index (χ4v) is 1.13. The Labute approximate surface area is 115 Å². The molecule has 1 saturated heterocycles. The molecule has 0 aromatic heterocycles. The molecular formula is C15H35FN2. The van der Waals surface area contributed by atoms with E-state index in [-0.39, 0.29) is 6.67 Å². The molecule has 1 heterocycles. The van der Waals surface area contributed by atoms with Crippen LogP contribution in [0.2, 0.25) is 0 Å². The lowest BCUT2D eigenvalue weighted by Gasteiger charge is -2.40. The van der Waals surface area contributed by atoms with Crippen molar-refractivity contribution in [1.82, 2.24) is 9.80 Å². The van der Waals surface area contributed by atoms with Gasteiger partial charge >= 0.3 is 0 Å². The zero-order chi connectivity index (χ0) is 14.9. The molecule has 0 saturated carbocycles. The third-order valence-corrected chi connectivity index (χ3v) is 3.28. The van der Waals surface area contributed by atoms with Crippen LogP contribution in [0.3, 0.4) is 0 Å². The maximum Gasteiger partial charge on any atom is 0.0947 e. The van der Waals surface area contributed by atoms with Crippen molar-refractivity contribution in [2.75, 3.05) is 33.9 Å². The predicted octanol–water partition coefficient (Wildman–Crippen LogP) is 3.67. The standard InChI is InChI=1S/C7H14FN.C6H15N.C2H6/c1-6(2)9-4-7(3-8)5-9;1-6(2,3)7(4)5;1-2/h6-7H,3-5H2,1-2H3;1-5H3;1-2H3. The van der Waals surface area contributed by atoms with Crippen LogP contribution in [-0.4, -0.2) is 55.2 Å².